The molecule has 174 valence electrons. The number of anilines is 1. The Labute approximate surface area is 197 Å². The van der Waals surface area contributed by atoms with Crippen molar-refractivity contribution in [3.8, 4) is 11.4 Å². The van der Waals surface area contributed by atoms with Crippen molar-refractivity contribution in [1.82, 2.24) is 20.4 Å². The van der Waals surface area contributed by atoms with Crippen LogP contribution in [0.4, 0.5) is 5.69 Å². The minimum atomic E-state index is -0.331. The van der Waals surface area contributed by atoms with Gasteiger partial charge in [-0.1, -0.05) is 30.8 Å². The minimum absolute atomic E-state index is 0.0410. The third-order valence-electron chi connectivity index (χ3n) is 6.21. The molecule has 0 atom stereocenters. The van der Waals surface area contributed by atoms with Gasteiger partial charge >= 0.3 is 0 Å². The lowest BCUT2D eigenvalue weighted by atomic mass is 10.1. The Bertz CT molecular complexity index is 1310. The average molecular weight is 458 g/mol. The zero-order valence-electron chi connectivity index (χ0n) is 19.1. The van der Waals surface area contributed by atoms with Crippen molar-refractivity contribution in [2.75, 3.05) is 5.32 Å². The molecule has 34 heavy (non-hydrogen) atoms. The molecule has 3 N–H and O–H groups in total. The molecule has 1 aliphatic carbocycles. The number of carbonyl (C=O) groups is 2. The lowest BCUT2D eigenvalue weighted by molar-refractivity contribution is 0.0932. The van der Waals surface area contributed by atoms with E-state index in [1.807, 2.05) is 30.3 Å². The van der Waals surface area contributed by atoms with Gasteiger partial charge in [0.05, 0.1) is 11.0 Å². The zero-order valence-corrected chi connectivity index (χ0v) is 19.1. The molecular weight excluding hydrogens is 430 g/mol. The third kappa shape index (κ3) is 4.85. The van der Waals surface area contributed by atoms with Gasteiger partial charge in [-0.05, 0) is 62.2 Å². The van der Waals surface area contributed by atoms with Crippen molar-refractivity contribution < 1.29 is 14.1 Å². The first-order valence-corrected chi connectivity index (χ1v) is 11.7. The van der Waals surface area contributed by atoms with E-state index in [0.29, 0.717) is 22.8 Å². The first-order chi connectivity index (χ1) is 16.5. The molecule has 2 aromatic carbocycles. The maximum atomic E-state index is 12.8. The van der Waals surface area contributed by atoms with Crippen LogP contribution in [0.15, 0.2) is 53.1 Å². The summed E-state index contributed by atoms with van der Waals surface area (Å²) in [7, 11) is 0. The molecule has 8 nitrogen and oxygen atoms in total. The van der Waals surface area contributed by atoms with E-state index >= 15 is 0 Å². The summed E-state index contributed by atoms with van der Waals surface area (Å²) in [6, 6.07) is 14.8. The number of imidazole rings is 1. The van der Waals surface area contributed by atoms with Crippen molar-refractivity contribution in [2.24, 2.45) is 0 Å². The fraction of sp³-hybridized carbons (Fsp3) is 0.308. The molecular formula is C26H27N5O3. The van der Waals surface area contributed by atoms with Gasteiger partial charge in [-0.2, -0.15) is 0 Å². The van der Waals surface area contributed by atoms with Crippen LogP contribution in [0.2, 0.25) is 0 Å². The number of aryl methyl sites for hydroxylation is 1. The van der Waals surface area contributed by atoms with E-state index in [-0.39, 0.29) is 23.6 Å². The number of benzene rings is 2. The Hall–Kier alpha value is -3.94. The second-order valence-corrected chi connectivity index (χ2v) is 8.83. The van der Waals surface area contributed by atoms with Crippen LogP contribution in [0, 0.1) is 6.92 Å². The number of aromatic nitrogens is 3. The number of rotatable bonds is 5. The molecule has 8 heteroatoms. The van der Waals surface area contributed by atoms with E-state index in [0.717, 1.165) is 29.4 Å². The van der Waals surface area contributed by atoms with Gasteiger partial charge in [-0.25, -0.2) is 4.98 Å². The average Bonchev–Trinajstić information content (AvgIpc) is 3.38. The predicted octanol–water partition coefficient (Wildman–Crippen LogP) is 5.23. The van der Waals surface area contributed by atoms with E-state index in [1.165, 1.54) is 25.7 Å². The first kappa shape index (κ1) is 21.9. The minimum Gasteiger partial charge on any atom is -0.361 e. The summed E-state index contributed by atoms with van der Waals surface area (Å²) in [5.41, 5.74) is 3.97. The topological polar surface area (TPSA) is 113 Å². The van der Waals surface area contributed by atoms with Crippen molar-refractivity contribution in [1.29, 1.82) is 0 Å². The van der Waals surface area contributed by atoms with Gasteiger partial charge in [-0.15, -0.1) is 0 Å². The Morgan fingerprint density at radius 3 is 2.44 bits per heavy atom. The van der Waals surface area contributed by atoms with Crippen LogP contribution < -0.4 is 10.6 Å². The molecule has 0 spiro atoms. The first-order valence-electron chi connectivity index (χ1n) is 11.7. The zero-order chi connectivity index (χ0) is 23.5. The fourth-order valence-electron chi connectivity index (χ4n) is 4.36. The highest BCUT2D eigenvalue weighted by atomic mass is 16.5. The number of nitrogens with one attached hydrogen (secondary N) is 3. The number of H-pyrrole nitrogens is 1. The van der Waals surface area contributed by atoms with E-state index in [9.17, 15) is 9.59 Å². The second kappa shape index (κ2) is 9.51. The molecule has 1 fully saturated rings. The van der Waals surface area contributed by atoms with Gasteiger partial charge in [-0.3, -0.25) is 9.59 Å². The molecule has 0 aliphatic heterocycles. The maximum absolute atomic E-state index is 12.8. The molecule has 0 bridgehead atoms. The molecule has 1 saturated carbocycles. The van der Waals surface area contributed by atoms with Gasteiger partial charge in [0.15, 0.2) is 5.69 Å². The summed E-state index contributed by atoms with van der Waals surface area (Å²) in [4.78, 5) is 33.0. The van der Waals surface area contributed by atoms with E-state index in [4.69, 9.17) is 4.52 Å². The quantitative estimate of drug-likeness (QED) is 0.355. The molecule has 0 unspecified atom stereocenters. The van der Waals surface area contributed by atoms with Crippen molar-refractivity contribution in [2.45, 2.75) is 51.5 Å². The highest BCUT2D eigenvalue weighted by Gasteiger charge is 2.17. The van der Waals surface area contributed by atoms with Crippen LogP contribution in [0.25, 0.3) is 22.4 Å². The predicted molar refractivity (Wildman–Crippen MR) is 130 cm³/mol. The van der Waals surface area contributed by atoms with Gasteiger partial charge in [0, 0.05) is 28.9 Å². The normalized spacial score (nSPS) is 14.6. The summed E-state index contributed by atoms with van der Waals surface area (Å²) in [5, 5.41) is 9.72. The van der Waals surface area contributed by atoms with Crippen LogP contribution in [-0.2, 0) is 0 Å². The lowest BCUT2D eigenvalue weighted by Crippen LogP contribution is -2.34. The van der Waals surface area contributed by atoms with Gasteiger partial charge in [0.1, 0.15) is 11.6 Å². The third-order valence-corrected chi connectivity index (χ3v) is 6.21. The highest BCUT2D eigenvalue weighted by molar-refractivity contribution is 6.03. The van der Waals surface area contributed by atoms with Crippen molar-refractivity contribution in [3.63, 3.8) is 0 Å². The second-order valence-electron chi connectivity index (χ2n) is 8.83. The number of aromatic amines is 1. The van der Waals surface area contributed by atoms with Crippen molar-refractivity contribution in [3.05, 3.63) is 65.5 Å². The molecule has 2 aromatic heterocycles. The number of hydrogen-bond donors (Lipinski definition) is 3. The summed E-state index contributed by atoms with van der Waals surface area (Å²) >= 11 is 0. The molecule has 2 amide bonds. The van der Waals surface area contributed by atoms with Crippen LogP contribution in [0.3, 0.4) is 0 Å². The fourth-order valence-corrected chi connectivity index (χ4v) is 4.36. The standard InChI is InChI=1S/C26H27N5O3/c1-16-14-23(31-34-16)26(33)28-20-11-8-17(9-12-20)24-29-21-13-10-18(15-22(21)30-24)25(32)27-19-6-4-2-3-5-7-19/h8-15,19H,2-7H2,1H3,(H,27,32)(H,28,33)(H,29,30). The smallest absolute Gasteiger partial charge is 0.277 e. The van der Waals surface area contributed by atoms with Crippen molar-refractivity contribution >= 4 is 28.5 Å². The SMILES string of the molecule is Cc1cc(C(=O)Nc2ccc(-c3nc4cc(C(=O)NC5CCCCCC5)ccc4[nH]3)cc2)no1. The summed E-state index contributed by atoms with van der Waals surface area (Å²) in [6.45, 7) is 1.74. The van der Waals surface area contributed by atoms with Gasteiger partial charge in [0.25, 0.3) is 11.8 Å². The molecule has 5 rings (SSSR count). The maximum Gasteiger partial charge on any atom is 0.277 e. The molecule has 1 aliphatic rings. The Morgan fingerprint density at radius 1 is 0.971 bits per heavy atom. The summed E-state index contributed by atoms with van der Waals surface area (Å²) < 4.78 is 4.95. The molecule has 4 aromatic rings. The Morgan fingerprint density at radius 2 is 1.74 bits per heavy atom. The van der Waals surface area contributed by atoms with E-state index in [1.54, 1.807) is 25.1 Å². The number of amides is 2. The molecule has 2 heterocycles. The van der Waals surface area contributed by atoms with Gasteiger partial charge < -0.3 is 20.1 Å². The number of hydrogen-bond acceptors (Lipinski definition) is 5. The summed E-state index contributed by atoms with van der Waals surface area (Å²) in [5.74, 6) is 0.903. The van der Waals surface area contributed by atoms with Crippen LogP contribution in [0.5, 0.6) is 0 Å². The summed E-state index contributed by atoms with van der Waals surface area (Å²) in [6.07, 6.45) is 6.96. The number of nitrogens with zero attached hydrogens (tertiary/aromatic N) is 2. The Balaban J connectivity index is 1.28. The lowest BCUT2D eigenvalue weighted by Gasteiger charge is -2.16. The van der Waals surface area contributed by atoms with Crippen LogP contribution in [-0.4, -0.2) is 33.0 Å². The highest BCUT2D eigenvalue weighted by Crippen LogP contribution is 2.24. The monoisotopic (exact) mass is 457 g/mol. The van der Waals surface area contributed by atoms with E-state index < -0.39 is 0 Å². The largest absolute Gasteiger partial charge is 0.361 e. The number of fused-ring (bicyclic) bond motifs is 1. The Kier molecular flexibility index (Phi) is 6.12. The van der Waals surface area contributed by atoms with Gasteiger partial charge in [0.2, 0.25) is 0 Å². The molecule has 0 saturated heterocycles. The van der Waals surface area contributed by atoms with Crippen LogP contribution in [0.1, 0.15) is 65.1 Å². The van der Waals surface area contributed by atoms with E-state index in [2.05, 4.69) is 25.8 Å². The van der Waals surface area contributed by atoms with Crippen LogP contribution >= 0.6 is 0 Å². The molecule has 0 radical (unpaired) electrons. The number of carbonyl (C=O) groups excluding carboxylic acids is 2.